The van der Waals surface area contributed by atoms with Crippen LogP contribution in [0.1, 0.15) is 17.7 Å². The van der Waals surface area contributed by atoms with Crippen molar-refractivity contribution in [3.8, 4) is 6.07 Å². The Morgan fingerprint density at radius 2 is 2.32 bits per heavy atom. The van der Waals surface area contributed by atoms with Gasteiger partial charge in [-0.1, -0.05) is 6.07 Å². The Morgan fingerprint density at radius 1 is 1.53 bits per heavy atom. The molecule has 1 N–H and O–H groups in total. The number of nitrogens with zero attached hydrogens (tertiary/aromatic N) is 1. The summed E-state index contributed by atoms with van der Waals surface area (Å²) in [5, 5.41) is 18.8. The maximum Gasteiger partial charge on any atom is 0.303 e. The number of aliphatic carboxylic acids is 1. The van der Waals surface area contributed by atoms with Crippen LogP contribution in [0.15, 0.2) is 29.2 Å². The van der Waals surface area contributed by atoms with E-state index in [0.717, 1.165) is 19.9 Å². The van der Waals surface area contributed by atoms with Crippen molar-refractivity contribution in [1.29, 1.82) is 5.26 Å². The third kappa shape index (κ3) is 3.49. The Balaban J connectivity index is 2.14. The Morgan fingerprint density at radius 3 is 2.95 bits per heavy atom. The second kappa shape index (κ2) is 6.09. The highest BCUT2D eigenvalue weighted by Crippen LogP contribution is 2.31. The van der Waals surface area contributed by atoms with Crippen LogP contribution in [0.4, 0.5) is 0 Å². The van der Waals surface area contributed by atoms with Gasteiger partial charge in [0.1, 0.15) is 0 Å². The molecule has 0 saturated heterocycles. The molecule has 1 aromatic heterocycles. The number of benzene rings is 1. The van der Waals surface area contributed by atoms with Gasteiger partial charge < -0.3 is 5.11 Å². The van der Waals surface area contributed by atoms with Gasteiger partial charge in [-0.25, -0.2) is 0 Å². The van der Waals surface area contributed by atoms with Crippen molar-refractivity contribution in [1.82, 2.24) is 0 Å². The number of carboxylic acid groups (broad SMARTS) is 1. The van der Waals surface area contributed by atoms with Crippen molar-refractivity contribution < 1.29 is 9.90 Å². The van der Waals surface area contributed by atoms with Crippen LogP contribution in [-0.2, 0) is 11.2 Å². The highest BCUT2D eigenvalue weighted by atomic mass is 32.1. The summed E-state index contributed by atoms with van der Waals surface area (Å²) >= 11 is 6.05. The molecule has 0 bridgehead atoms. The minimum absolute atomic E-state index is 0.0426. The smallest absolute Gasteiger partial charge is 0.303 e. The van der Waals surface area contributed by atoms with Gasteiger partial charge in [0.15, 0.2) is 0 Å². The molecule has 2 aromatic rings. The molecular formula is C14H13NO2S2. The van der Waals surface area contributed by atoms with Crippen molar-refractivity contribution in [2.75, 3.05) is 0 Å². The summed E-state index contributed by atoms with van der Waals surface area (Å²) in [4.78, 5) is 12.6. The molecule has 1 heterocycles. The topological polar surface area (TPSA) is 61.1 Å². The first kappa shape index (κ1) is 13.9. The second-order valence-corrected chi connectivity index (χ2v) is 6.01. The molecule has 3 nitrogen and oxygen atoms in total. The van der Waals surface area contributed by atoms with E-state index < -0.39 is 5.97 Å². The maximum atomic E-state index is 10.5. The fourth-order valence-electron chi connectivity index (χ4n) is 1.95. The van der Waals surface area contributed by atoms with Crippen LogP contribution in [0.25, 0.3) is 10.1 Å². The first-order chi connectivity index (χ1) is 9.10. The highest BCUT2D eigenvalue weighted by Gasteiger charge is 2.13. The van der Waals surface area contributed by atoms with Gasteiger partial charge in [0, 0.05) is 26.3 Å². The molecule has 0 aliphatic heterocycles. The van der Waals surface area contributed by atoms with Crippen LogP contribution in [0.3, 0.4) is 0 Å². The molecule has 98 valence electrons. The Labute approximate surface area is 120 Å². The van der Waals surface area contributed by atoms with Gasteiger partial charge in [-0.15, -0.1) is 24.0 Å². The number of rotatable bonds is 5. The van der Waals surface area contributed by atoms with Gasteiger partial charge in [-0.2, -0.15) is 5.26 Å². The molecular weight excluding hydrogens is 278 g/mol. The van der Waals surface area contributed by atoms with Crippen molar-refractivity contribution >= 4 is 40.0 Å². The van der Waals surface area contributed by atoms with E-state index in [0.29, 0.717) is 12.8 Å². The first-order valence-corrected chi connectivity index (χ1v) is 7.18. The molecule has 2 rings (SSSR count). The average Bonchev–Trinajstić information content (AvgIpc) is 2.78. The monoisotopic (exact) mass is 291 g/mol. The lowest BCUT2D eigenvalue weighted by Gasteiger charge is -2.04. The van der Waals surface area contributed by atoms with E-state index in [1.807, 2.05) is 24.3 Å². The highest BCUT2D eigenvalue weighted by molar-refractivity contribution is 7.80. The summed E-state index contributed by atoms with van der Waals surface area (Å²) in [6.45, 7) is 0. The first-order valence-electron chi connectivity index (χ1n) is 5.92. The van der Waals surface area contributed by atoms with E-state index >= 15 is 0 Å². The number of fused-ring (bicyclic) bond motifs is 1. The SMILES string of the molecule is N#CC(CCC(=O)O)Cc1cc2c(S)cccc2s1. The normalized spacial score (nSPS) is 12.2. The summed E-state index contributed by atoms with van der Waals surface area (Å²) in [5.41, 5.74) is 0. The predicted octanol–water partition coefficient (Wildman–Crippen LogP) is 3.74. The van der Waals surface area contributed by atoms with Crippen molar-refractivity contribution in [2.24, 2.45) is 5.92 Å². The number of carboxylic acids is 1. The molecule has 0 spiro atoms. The number of thiophene rings is 1. The van der Waals surface area contributed by atoms with E-state index in [1.54, 1.807) is 11.3 Å². The zero-order chi connectivity index (χ0) is 13.8. The summed E-state index contributed by atoms with van der Waals surface area (Å²) in [6, 6.07) is 10.2. The summed E-state index contributed by atoms with van der Waals surface area (Å²) < 4.78 is 1.15. The predicted molar refractivity (Wildman–Crippen MR) is 78.8 cm³/mol. The van der Waals surface area contributed by atoms with Crippen LogP contribution >= 0.6 is 24.0 Å². The maximum absolute atomic E-state index is 10.5. The zero-order valence-electron chi connectivity index (χ0n) is 10.2. The van der Waals surface area contributed by atoms with Gasteiger partial charge in [0.05, 0.1) is 12.0 Å². The van der Waals surface area contributed by atoms with Crippen LogP contribution < -0.4 is 0 Å². The summed E-state index contributed by atoms with van der Waals surface area (Å²) in [5.74, 6) is -1.10. The van der Waals surface area contributed by atoms with Crippen molar-refractivity contribution in [3.63, 3.8) is 0 Å². The standard InChI is InChI=1S/C14H13NO2S2/c15-8-9(4-5-14(16)17)6-10-7-11-12(18)2-1-3-13(11)19-10/h1-3,7,9,18H,4-6H2,(H,16,17). The lowest BCUT2D eigenvalue weighted by Crippen LogP contribution is -2.04. The summed E-state index contributed by atoms with van der Waals surface area (Å²) in [6.07, 6.45) is 1.05. The Hall–Kier alpha value is -1.51. The molecule has 0 aliphatic rings. The minimum Gasteiger partial charge on any atom is -0.481 e. The van der Waals surface area contributed by atoms with Crippen LogP contribution in [0.2, 0.25) is 0 Å². The molecule has 19 heavy (non-hydrogen) atoms. The lowest BCUT2D eigenvalue weighted by molar-refractivity contribution is -0.137. The number of thiol groups is 1. The molecule has 1 unspecified atom stereocenters. The van der Waals surface area contributed by atoms with Gasteiger partial charge >= 0.3 is 5.97 Å². The quantitative estimate of drug-likeness (QED) is 0.825. The number of carbonyl (C=O) groups is 1. The van der Waals surface area contributed by atoms with E-state index in [-0.39, 0.29) is 12.3 Å². The fraction of sp³-hybridized carbons (Fsp3) is 0.286. The number of nitriles is 1. The van der Waals surface area contributed by atoms with Gasteiger partial charge in [0.25, 0.3) is 0 Å². The zero-order valence-corrected chi connectivity index (χ0v) is 11.9. The van der Waals surface area contributed by atoms with Crippen molar-refractivity contribution in [3.05, 3.63) is 29.1 Å². The number of hydrogen-bond donors (Lipinski definition) is 2. The fourth-order valence-corrected chi connectivity index (χ4v) is 3.47. The van der Waals surface area contributed by atoms with Crippen molar-refractivity contribution in [2.45, 2.75) is 24.2 Å². The third-order valence-electron chi connectivity index (χ3n) is 2.93. The van der Waals surface area contributed by atoms with E-state index in [9.17, 15) is 4.79 Å². The van der Waals surface area contributed by atoms with E-state index in [2.05, 4.69) is 18.7 Å². The number of hydrogen-bond acceptors (Lipinski definition) is 4. The van der Waals surface area contributed by atoms with E-state index in [1.165, 1.54) is 0 Å². The molecule has 1 aromatic carbocycles. The Kier molecular flexibility index (Phi) is 4.46. The van der Waals surface area contributed by atoms with Crippen LogP contribution in [0.5, 0.6) is 0 Å². The molecule has 0 saturated carbocycles. The molecule has 0 amide bonds. The van der Waals surface area contributed by atoms with Gasteiger partial charge in [-0.05, 0) is 31.0 Å². The molecule has 1 atom stereocenters. The average molecular weight is 291 g/mol. The van der Waals surface area contributed by atoms with E-state index in [4.69, 9.17) is 10.4 Å². The molecule has 0 fully saturated rings. The Bertz CT molecular complexity index is 642. The molecule has 0 radical (unpaired) electrons. The van der Waals surface area contributed by atoms with Crippen LogP contribution in [-0.4, -0.2) is 11.1 Å². The summed E-state index contributed by atoms with van der Waals surface area (Å²) in [7, 11) is 0. The second-order valence-electron chi connectivity index (χ2n) is 4.36. The minimum atomic E-state index is -0.853. The molecule has 5 heteroatoms. The molecule has 0 aliphatic carbocycles. The van der Waals surface area contributed by atoms with Crippen LogP contribution in [0, 0.1) is 17.2 Å². The van der Waals surface area contributed by atoms with Gasteiger partial charge in [0.2, 0.25) is 0 Å². The third-order valence-corrected chi connectivity index (χ3v) is 4.44. The lowest BCUT2D eigenvalue weighted by atomic mass is 10.00. The largest absolute Gasteiger partial charge is 0.481 e. The van der Waals surface area contributed by atoms with Gasteiger partial charge in [-0.3, -0.25) is 4.79 Å².